The fraction of sp³-hybridized carbons (Fsp3) is 0.600. The van der Waals surface area contributed by atoms with Crippen LogP contribution in [0.3, 0.4) is 0 Å². The number of aromatic nitrogens is 2. The summed E-state index contributed by atoms with van der Waals surface area (Å²) >= 11 is 3.29. The van der Waals surface area contributed by atoms with E-state index in [4.69, 9.17) is 4.74 Å². The molecule has 4 nitrogen and oxygen atoms in total. The average molecular weight is 272 g/mol. The smallest absolute Gasteiger partial charge is 0.316 e. The van der Waals surface area contributed by atoms with E-state index in [0.717, 1.165) is 30.4 Å². The summed E-state index contributed by atoms with van der Waals surface area (Å²) in [5, 5.41) is 0. The second-order valence-electron chi connectivity index (χ2n) is 3.80. The molecule has 1 aliphatic heterocycles. The Morgan fingerprint density at radius 3 is 2.53 bits per heavy atom. The SMILES string of the molecule is CN1CCC(Oc2ncc(Br)cn2)CC1. The van der Waals surface area contributed by atoms with Gasteiger partial charge in [-0.2, -0.15) is 0 Å². The molecule has 5 heteroatoms. The van der Waals surface area contributed by atoms with E-state index in [1.54, 1.807) is 12.4 Å². The summed E-state index contributed by atoms with van der Waals surface area (Å²) in [5.74, 6) is 0. The summed E-state index contributed by atoms with van der Waals surface area (Å²) in [7, 11) is 2.13. The van der Waals surface area contributed by atoms with Crippen LogP contribution in [-0.2, 0) is 0 Å². The van der Waals surface area contributed by atoms with Crippen molar-refractivity contribution in [3.8, 4) is 6.01 Å². The second-order valence-corrected chi connectivity index (χ2v) is 4.72. The van der Waals surface area contributed by atoms with E-state index in [1.807, 2.05) is 0 Å². The molecule has 1 saturated heterocycles. The van der Waals surface area contributed by atoms with Crippen LogP contribution in [0.15, 0.2) is 16.9 Å². The van der Waals surface area contributed by atoms with E-state index in [-0.39, 0.29) is 6.10 Å². The minimum Gasteiger partial charge on any atom is -0.460 e. The highest BCUT2D eigenvalue weighted by atomic mass is 79.9. The van der Waals surface area contributed by atoms with Crippen molar-refractivity contribution in [1.29, 1.82) is 0 Å². The van der Waals surface area contributed by atoms with Gasteiger partial charge >= 0.3 is 6.01 Å². The zero-order valence-electron chi connectivity index (χ0n) is 8.69. The predicted octanol–water partition coefficient (Wildman–Crippen LogP) is 1.71. The average Bonchev–Trinajstić information content (AvgIpc) is 2.25. The zero-order valence-corrected chi connectivity index (χ0v) is 10.3. The largest absolute Gasteiger partial charge is 0.460 e. The summed E-state index contributed by atoms with van der Waals surface area (Å²) < 4.78 is 6.56. The van der Waals surface area contributed by atoms with Crippen molar-refractivity contribution in [3.05, 3.63) is 16.9 Å². The number of hydrogen-bond acceptors (Lipinski definition) is 4. The molecule has 0 bridgehead atoms. The van der Waals surface area contributed by atoms with Gasteiger partial charge in [0.25, 0.3) is 0 Å². The molecule has 0 saturated carbocycles. The first kappa shape index (κ1) is 10.8. The van der Waals surface area contributed by atoms with Crippen LogP contribution in [0, 0.1) is 0 Å². The van der Waals surface area contributed by atoms with Crippen LogP contribution < -0.4 is 4.74 Å². The molecule has 0 spiro atoms. The van der Waals surface area contributed by atoms with Crippen molar-refractivity contribution >= 4 is 15.9 Å². The van der Waals surface area contributed by atoms with Crippen molar-refractivity contribution in [2.45, 2.75) is 18.9 Å². The van der Waals surface area contributed by atoms with Gasteiger partial charge in [0.15, 0.2) is 0 Å². The summed E-state index contributed by atoms with van der Waals surface area (Å²) in [6.07, 6.45) is 5.78. The third kappa shape index (κ3) is 3.14. The third-order valence-corrected chi connectivity index (χ3v) is 2.94. The molecule has 82 valence electrons. The lowest BCUT2D eigenvalue weighted by molar-refractivity contribution is 0.105. The van der Waals surface area contributed by atoms with E-state index < -0.39 is 0 Å². The van der Waals surface area contributed by atoms with Crippen LogP contribution in [0.2, 0.25) is 0 Å². The van der Waals surface area contributed by atoms with Gasteiger partial charge in [0, 0.05) is 25.5 Å². The van der Waals surface area contributed by atoms with Gasteiger partial charge in [-0.1, -0.05) is 0 Å². The normalized spacial score (nSPS) is 19.1. The Balaban J connectivity index is 1.89. The van der Waals surface area contributed by atoms with Crippen LogP contribution >= 0.6 is 15.9 Å². The third-order valence-electron chi connectivity index (χ3n) is 2.53. The molecule has 1 aliphatic rings. The molecule has 1 aromatic heterocycles. The lowest BCUT2D eigenvalue weighted by atomic mass is 10.1. The maximum Gasteiger partial charge on any atom is 0.316 e. The van der Waals surface area contributed by atoms with Gasteiger partial charge < -0.3 is 9.64 Å². The molecular formula is C10H14BrN3O. The molecule has 2 heterocycles. The Morgan fingerprint density at radius 2 is 1.93 bits per heavy atom. The summed E-state index contributed by atoms with van der Waals surface area (Å²) in [5.41, 5.74) is 0. The standard InChI is InChI=1S/C10H14BrN3O/c1-14-4-2-9(3-5-14)15-10-12-6-8(11)7-13-10/h6-7,9H,2-5H2,1H3. The van der Waals surface area contributed by atoms with Gasteiger partial charge in [-0.25, -0.2) is 9.97 Å². The quantitative estimate of drug-likeness (QED) is 0.821. The molecule has 0 aliphatic carbocycles. The Morgan fingerprint density at radius 1 is 1.33 bits per heavy atom. The number of halogens is 1. The molecule has 0 atom stereocenters. The van der Waals surface area contributed by atoms with Crippen LogP contribution in [0.25, 0.3) is 0 Å². The topological polar surface area (TPSA) is 38.2 Å². The molecule has 2 rings (SSSR count). The van der Waals surface area contributed by atoms with Crippen molar-refractivity contribution in [1.82, 2.24) is 14.9 Å². The molecule has 0 N–H and O–H groups in total. The van der Waals surface area contributed by atoms with Gasteiger partial charge in [0.05, 0.1) is 4.47 Å². The van der Waals surface area contributed by atoms with E-state index in [1.165, 1.54) is 0 Å². The minimum absolute atomic E-state index is 0.266. The fourth-order valence-electron chi connectivity index (χ4n) is 1.61. The number of piperidine rings is 1. The molecule has 0 unspecified atom stereocenters. The van der Waals surface area contributed by atoms with Gasteiger partial charge in [-0.15, -0.1) is 0 Å². The van der Waals surface area contributed by atoms with Crippen molar-refractivity contribution < 1.29 is 4.74 Å². The first-order valence-corrected chi connectivity index (χ1v) is 5.86. The molecule has 0 amide bonds. The van der Waals surface area contributed by atoms with Crippen LogP contribution in [-0.4, -0.2) is 41.1 Å². The molecule has 15 heavy (non-hydrogen) atoms. The number of rotatable bonds is 2. The first-order valence-electron chi connectivity index (χ1n) is 5.07. The monoisotopic (exact) mass is 271 g/mol. The number of hydrogen-bond donors (Lipinski definition) is 0. The molecule has 1 aromatic rings. The maximum atomic E-state index is 5.69. The first-order chi connectivity index (χ1) is 7.24. The fourth-order valence-corrected chi connectivity index (χ4v) is 1.82. The highest BCUT2D eigenvalue weighted by Gasteiger charge is 2.18. The second kappa shape index (κ2) is 4.90. The summed E-state index contributed by atoms with van der Waals surface area (Å²) in [6.45, 7) is 2.17. The molecule has 0 radical (unpaired) electrons. The molecular weight excluding hydrogens is 258 g/mol. The van der Waals surface area contributed by atoms with Crippen molar-refractivity contribution in [2.24, 2.45) is 0 Å². The van der Waals surface area contributed by atoms with Crippen molar-refractivity contribution in [3.63, 3.8) is 0 Å². The highest BCUT2D eigenvalue weighted by molar-refractivity contribution is 9.10. The summed E-state index contributed by atoms with van der Waals surface area (Å²) in [6, 6.07) is 0.479. The van der Waals surface area contributed by atoms with Gasteiger partial charge in [0.2, 0.25) is 0 Å². The maximum absolute atomic E-state index is 5.69. The number of likely N-dealkylation sites (tertiary alicyclic amines) is 1. The van der Waals surface area contributed by atoms with Gasteiger partial charge in [-0.3, -0.25) is 0 Å². The minimum atomic E-state index is 0.266. The Bertz CT molecular complexity index is 309. The van der Waals surface area contributed by atoms with E-state index in [9.17, 15) is 0 Å². The van der Waals surface area contributed by atoms with Crippen molar-refractivity contribution in [2.75, 3.05) is 20.1 Å². The number of ether oxygens (including phenoxy) is 1. The molecule has 1 fully saturated rings. The molecule has 0 aromatic carbocycles. The lowest BCUT2D eigenvalue weighted by Crippen LogP contribution is -2.35. The summed E-state index contributed by atoms with van der Waals surface area (Å²) in [4.78, 5) is 10.5. The van der Waals surface area contributed by atoms with Gasteiger partial charge in [0.1, 0.15) is 6.10 Å². The van der Waals surface area contributed by atoms with E-state index >= 15 is 0 Å². The lowest BCUT2D eigenvalue weighted by Gasteiger charge is -2.28. The van der Waals surface area contributed by atoms with E-state index in [2.05, 4.69) is 37.8 Å². The van der Waals surface area contributed by atoms with Gasteiger partial charge in [-0.05, 0) is 35.8 Å². The van der Waals surface area contributed by atoms with E-state index in [0.29, 0.717) is 6.01 Å². The van der Waals surface area contributed by atoms with Crippen LogP contribution in [0.5, 0.6) is 6.01 Å². The number of nitrogens with zero attached hydrogens (tertiary/aromatic N) is 3. The Labute approximate surface area is 97.8 Å². The van der Waals surface area contributed by atoms with Crippen LogP contribution in [0.4, 0.5) is 0 Å². The zero-order chi connectivity index (χ0) is 10.7. The van der Waals surface area contributed by atoms with Crippen LogP contribution in [0.1, 0.15) is 12.8 Å². The Hall–Kier alpha value is -0.680. The predicted molar refractivity (Wildman–Crippen MR) is 60.9 cm³/mol. The highest BCUT2D eigenvalue weighted by Crippen LogP contribution is 2.15. The Kier molecular flexibility index (Phi) is 3.53.